The summed E-state index contributed by atoms with van der Waals surface area (Å²) in [4.78, 5) is 14.2. The summed E-state index contributed by atoms with van der Waals surface area (Å²) < 4.78 is 5.08. The van der Waals surface area contributed by atoms with Gasteiger partial charge in [-0.2, -0.15) is 0 Å². The smallest absolute Gasteiger partial charge is 0.234 e. The van der Waals surface area contributed by atoms with Crippen LogP contribution in [-0.2, 0) is 22.7 Å². The van der Waals surface area contributed by atoms with Crippen molar-refractivity contribution in [1.82, 2.24) is 10.2 Å². The third-order valence-corrected chi connectivity index (χ3v) is 3.93. The van der Waals surface area contributed by atoms with Gasteiger partial charge in [-0.3, -0.25) is 9.69 Å². The predicted molar refractivity (Wildman–Crippen MR) is 83.8 cm³/mol. The summed E-state index contributed by atoms with van der Waals surface area (Å²) in [5.41, 5.74) is 2.27. The molecule has 1 heterocycles. The van der Waals surface area contributed by atoms with E-state index in [-0.39, 0.29) is 5.91 Å². The minimum absolute atomic E-state index is 0.116. The zero-order chi connectivity index (χ0) is 15.1. The third kappa shape index (κ3) is 5.48. The number of nitrogens with zero attached hydrogens (tertiary/aromatic N) is 1. The Morgan fingerprint density at radius 2 is 2.05 bits per heavy atom. The largest absolute Gasteiger partial charge is 0.380 e. The number of benzene rings is 1. The number of carbonyl (C=O) groups excluding carboxylic acids is 1. The Kier molecular flexibility index (Phi) is 6.21. The molecule has 21 heavy (non-hydrogen) atoms. The maximum Gasteiger partial charge on any atom is 0.234 e. The van der Waals surface area contributed by atoms with E-state index >= 15 is 0 Å². The standard InChI is InChI=1S/C17H26N2O2/c1-14-4-3-9-19(11-14)12-17(20)18-10-15-5-7-16(8-6-15)13-21-2/h5-8,14H,3-4,9-13H2,1-2H3,(H,18,20). The fourth-order valence-electron chi connectivity index (χ4n) is 2.81. The highest BCUT2D eigenvalue weighted by atomic mass is 16.5. The molecule has 0 aromatic heterocycles. The molecule has 1 N–H and O–H groups in total. The number of nitrogens with one attached hydrogen (secondary N) is 1. The third-order valence-electron chi connectivity index (χ3n) is 3.93. The second-order valence-corrected chi connectivity index (χ2v) is 6.01. The normalized spacial score (nSPS) is 19.4. The molecule has 1 amide bonds. The minimum atomic E-state index is 0.116. The van der Waals surface area contributed by atoms with Crippen LogP contribution in [0.4, 0.5) is 0 Å². The van der Waals surface area contributed by atoms with Crippen LogP contribution in [0.2, 0.25) is 0 Å². The van der Waals surface area contributed by atoms with Gasteiger partial charge in [0.15, 0.2) is 0 Å². The van der Waals surface area contributed by atoms with Gasteiger partial charge in [-0.15, -0.1) is 0 Å². The van der Waals surface area contributed by atoms with Crippen LogP contribution < -0.4 is 5.32 Å². The number of likely N-dealkylation sites (tertiary alicyclic amines) is 1. The summed E-state index contributed by atoms with van der Waals surface area (Å²) >= 11 is 0. The zero-order valence-electron chi connectivity index (χ0n) is 13.1. The maximum atomic E-state index is 12.0. The van der Waals surface area contributed by atoms with Crippen molar-refractivity contribution >= 4 is 5.91 Å². The molecule has 116 valence electrons. The van der Waals surface area contributed by atoms with Crippen molar-refractivity contribution in [3.63, 3.8) is 0 Å². The lowest BCUT2D eigenvalue weighted by Gasteiger charge is -2.30. The van der Waals surface area contributed by atoms with E-state index in [0.717, 1.165) is 24.2 Å². The van der Waals surface area contributed by atoms with E-state index in [0.29, 0.717) is 25.6 Å². The van der Waals surface area contributed by atoms with Gasteiger partial charge in [0.05, 0.1) is 13.2 Å². The van der Waals surface area contributed by atoms with E-state index in [9.17, 15) is 4.79 Å². The number of amides is 1. The van der Waals surface area contributed by atoms with Crippen molar-refractivity contribution in [2.45, 2.75) is 32.9 Å². The molecule has 0 saturated carbocycles. The quantitative estimate of drug-likeness (QED) is 0.873. The van der Waals surface area contributed by atoms with Gasteiger partial charge >= 0.3 is 0 Å². The Balaban J connectivity index is 1.73. The van der Waals surface area contributed by atoms with Crippen LogP contribution in [0, 0.1) is 5.92 Å². The highest BCUT2D eigenvalue weighted by Gasteiger charge is 2.18. The van der Waals surface area contributed by atoms with Gasteiger partial charge in [0, 0.05) is 20.2 Å². The topological polar surface area (TPSA) is 41.6 Å². The molecule has 4 heteroatoms. The van der Waals surface area contributed by atoms with Gasteiger partial charge < -0.3 is 10.1 Å². The van der Waals surface area contributed by atoms with E-state index in [2.05, 4.69) is 17.1 Å². The fourth-order valence-corrected chi connectivity index (χ4v) is 2.81. The molecule has 1 atom stereocenters. The molecular weight excluding hydrogens is 264 g/mol. The van der Waals surface area contributed by atoms with Crippen LogP contribution in [0.5, 0.6) is 0 Å². The van der Waals surface area contributed by atoms with Gasteiger partial charge in [-0.1, -0.05) is 31.2 Å². The van der Waals surface area contributed by atoms with Crippen molar-refractivity contribution in [2.75, 3.05) is 26.7 Å². The highest BCUT2D eigenvalue weighted by Crippen LogP contribution is 2.14. The summed E-state index contributed by atoms with van der Waals surface area (Å²) in [6.45, 7) is 6.08. The Hall–Kier alpha value is -1.39. The Bertz CT molecular complexity index is 445. The monoisotopic (exact) mass is 290 g/mol. The number of rotatable bonds is 6. The summed E-state index contributed by atoms with van der Waals surface area (Å²) in [6, 6.07) is 8.16. The molecule has 1 aromatic carbocycles. The van der Waals surface area contributed by atoms with Crippen LogP contribution in [0.3, 0.4) is 0 Å². The first-order chi connectivity index (χ1) is 10.2. The van der Waals surface area contributed by atoms with Crippen molar-refractivity contribution < 1.29 is 9.53 Å². The molecule has 1 aliphatic heterocycles. The van der Waals surface area contributed by atoms with E-state index in [1.165, 1.54) is 12.8 Å². The maximum absolute atomic E-state index is 12.0. The summed E-state index contributed by atoms with van der Waals surface area (Å²) in [7, 11) is 1.69. The lowest BCUT2D eigenvalue weighted by Crippen LogP contribution is -2.41. The first-order valence-electron chi connectivity index (χ1n) is 7.73. The van der Waals surface area contributed by atoms with Gasteiger partial charge in [0.1, 0.15) is 0 Å². The van der Waals surface area contributed by atoms with E-state index in [1.54, 1.807) is 7.11 Å². The van der Waals surface area contributed by atoms with Crippen molar-refractivity contribution in [1.29, 1.82) is 0 Å². The van der Waals surface area contributed by atoms with E-state index in [1.807, 2.05) is 24.3 Å². The van der Waals surface area contributed by atoms with Crippen molar-refractivity contribution in [3.8, 4) is 0 Å². The number of carbonyl (C=O) groups is 1. The number of methoxy groups -OCH3 is 1. The lowest BCUT2D eigenvalue weighted by atomic mass is 10.0. The first kappa shape index (κ1) is 16.0. The van der Waals surface area contributed by atoms with Gasteiger partial charge in [0.2, 0.25) is 5.91 Å². The molecule has 1 aromatic rings. The van der Waals surface area contributed by atoms with Crippen LogP contribution in [0.15, 0.2) is 24.3 Å². The summed E-state index contributed by atoms with van der Waals surface area (Å²) in [6.07, 6.45) is 2.49. The molecule has 1 aliphatic rings. The number of ether oxygens (including phenoxy) is 1. The minimum Gasteiger partial charge on any atom is -0.380 e. The average Bonchev–Trinajstić information content (AvgIpc) is 2.47. The summed E-state index contributed by atoms with van der Waals surface area (Å²) in [5, 5.41) is 3.00. The number of piperidine rings is 1. The Morgan fingerprint density at radius 1 is 1.33 bits per heavy atom. The molecular formula is C17H26N2O2. The Labute approximate surface area is 127 Å². The Morgan fingerprint density at radius 3 is 2.71 bits per heavy atom. The molecule has 0 radical (unpaired) electrons. The molecule has 1 fully saturated rings. The van der Waals surface area contributed by atoms with E-state index < -0.39 is 0 Å². The van der Waals surface area contributed by atoms with Gasteiger partial charge in [-0.25, -0.2) is 0 Å². The number of hydrogen-bond donors (Lipinski definition) is 1. The van der Waals surface area contributed by atoms with Crippen molar-refractivity contribution in [3.05, 3.63) is 35.4 Å². The van der Waals surface area contributed by atoms with Crippen LogP contribution in [-0.4, -0.2) is 37.6 Å². The first-order valence-corrected chi connectivity index (χ1v) is 7.73. The summed E-state index contributed by atoms with van der Waals surface area (Å²) in [5.74, 6) is 0.824. The molecule has 0 aliphatic carbocycles. The molecule has 0 bridgehead atoms. The van der Waals surface area contributed by atoms with Crippen LogP contribution >= 0.6 is 0 Å². The van der Waals surface area contributed by atoms with Crippen LogP contribution in [0.1, 0.15) is 30.9 Å². The average molecular weight is 290 g/mol. The molecule has 2 rings (SSSR count). The molecule has 1 saturated heterocycles. The highest BCUT2D eigenvalue weighted by molar-refractivity contribution is 5.78. The fraction of sp³-hybridized carbons (Fsp3) is 0.588. The predicted octanol–water partition coefficient (Wildman–Crippen LogP) is 2.18. The SMILES string of the molecule is COCc1ccc(CNC(=O)CN2CCCC(C)C2)cc1. The lowest BCUT2D eigenvalue weighted by molar-refractivity contribution is -0.122. The number of hydrogen-bond acceptors (Lipinski definition) is 3. The van der Waals surface area contributed by atoms with Crippen molar-refractivity contribution in [2.24, 2.45) is 5.92 Å². The van der Waals surface area contributed by atoms with E-state index in [4.69, 9.17) is 4.74 Å². The van der Waals surface area contributed by atoms with Crippen LogP contribution in [0.25, 0.3) is 0 Å². The van der Waals surface area contributed by atoms with Gasteiger partial charge in [0.25, 0.3) is 0 Å². The van der Waals surface area contributed by atoms with Gasteiger partial charge in [-0.05, 0) is 36.4 Å². The second-order valence-electron chi connectivity index (χ2n) is 6.01. The molecule has 4 nitrogen and oxygen atoms in total. The molecule has 0 spiro atoms. The zero-order valence-corrected chi connectivity index (χ0v) is 13.1. The molecule has 1 unspecified atom stereocenters. The second kappa shape index (κ2) is 8.15.